The first-order valence-corrected chi connectivity index (χ1v) is 10.0. The lowest BCUT2D eigenvalue weighted by Gasteiger charge is -2.32. The molecule has 1 fully saturated rings. The zero-order valence-corrected chi connectivity index (χ0v) is 16.9. The van der Waals surface area contributed by atoms with Crippen LogP contribution >= 0.6 is 0 Å². The molecule has 0 aromatic rings. The molecule has 0 heterocycles. The Morgan fingerprint density at radius 3 is 2.28 bits per heavy atom. The van der Waals surface area contributed by atoms with Crippen molar-refractivity contribution in [1.29, 1.82) is 0 Å². The Morgan fingerprint density at radius 2 is 1.80 bits per heavy atom. The van der Waals surface area contributed by atoms with Gasteiger partial charge in [0.25, 0.3) is 0 Å². The van der Waals surface area contributed by atoms with Crippen molar-refractivity contribution >= 4 is 12.2 Å². The molecule has 0 aromatic heterocycles. The minimum Gasteiger partial charge on any atom is -0.391 e. The third kappa shape index (κ3) is 8.84. The van der Waals surface area contributed by atoms with Gasteiger partial charge < -0.3 is 15.2 Å². The van der Waals surface area contributed by atoms with Crippen molar-refractivity contribution in [2.24, 2.45) is 23.2 Å². The number of carbonyl (C=O) groups is 2. The van der Waals surface area contributed by atoms with Crippen LogP contribution in [0.4, 0.5) is 0 Å². The van der Waals surface area contributed by atoms with E-state index in [1.807, 2.05) is 34.6 Å². The van der Waals surface area contributed by atoms with E-state index in [2.05, 4.69) is 5.32 Å². The molecule has 1 aliphatic rings. The fraction of sp³-hybridized carbons (Fsp3) is 0.905. The minimum absolute atomic E-state index is 0.000408. The van der Waals surface area contributed by atoms with Crippen LogP contribution in [0.15, 0.2) is 0 Å². The van der Waals surface area contributed by atoms with E-state index in [0.717, 1.165) is 12.7 Å². The van der Waals surface area contributed by atoms with E-state index in [1.54, 1.807) is 0 Å². The summed E-state index contributed by atoms with van der Waals surface area (Å²) in [5.74, 6) is 0.604. The average molecular weight is 354 g/mol. The van der Waals surface area contributed by atoms with Crippen molar-refractivity contribution in [2.75, 3.05) is 0 Å². The van der Waals surface area contributed by atoms with E-state index < -0.39 is 6.10 Å². The Bertz CT molecular complexity index is 408. The van der Waals surface area contributed by atoms with Gasteiger partial charge in [-0.3, -0.25) is 4.79 Å². The van der Waals surface area contributed by atoms with Crippen molar-refractivity contribution in [2.45, 2.75) is 98.1 Å². The number of aldehydes is 1. The molecule has 0 aromatic carbocycles. The number of amides is 1. The second-order valence-corrected chi connectivity index (χ2v) is 9.50. The lowest BCUT2D eigenvalue weighted by atomic mass is 9.81. The van der Waals surface area contributed by atoms with Crippen LogP contribution in [0.3, 0.4) is 0 Å². The Hall–Kier alpha value is -0.900. The molecule has 4 heteroatoms. The molecule has 0 saturated heterocycles. The molecule has 1 saturated carbocycles. The van der Waals surface area contributed by atoms with Gasteiger partial charge >= 0.3 is 0 Å². The van der Waals surface area contributed by atoms with Crippen molar-refractivity contribution < 1.29 is 14.7 Å². The van der Waals surface area contributed by atoms with Gasteiger partial charge in [0.2, 0.25) is 5.91 Å². The molecule has 0 spiro atoms. The quantitative estimate of drug-likeness (QED) is 0.613. The monoisotopic (exact) mass is 353 g/mol. The van der Waals surface area contributed by atoms with Gasteiger partial charge in [-0.25, -0.2) is 0 Å². The van der Waals surface area contributed by atoms with E-state index in [1.165, 1.54) is 32.1 Å². The summed E-state index contributed by atoms with van der Waals surface area (Å²) in [6.45, 7) is 10.1. The predicted molar refractivity (Wildman–Crippen MR) is 102 cm³/mol. The van der Waals surface area contributed by atoms with Crippen LogP contribution in [0.25, 0.3) is 0 Å². The molecule has 3 atom stereocenters. The highest BCUT2D eigenvalue weighted by Gasteiger charge is 2.29. The van der Waals surface area contributed by atoms with Crippen LogP contribution in [-0.4, -0.2) is 29.4 Å². The fourth-order valence-electron chi connectivity index (χ4n) is 3.76. The smallest absolute Gasteiger partial charge is 0.220 e. The lowest BCUT2D eigenvalue weighted by Crippen LogP contribution is -2.46. The summed E-state index contributed by atoms with van der Waals surface area (Å²) >= 11 is 0. The van der Waals surface area contributed by atoms with E-state index >= 15 is 0 Å². The molecule has 0 unspecified atom stereocenters. The molecule has 2 N–H and O–H groups in total. The first-order valence-electron chi connectivity index (χ1n) is 10.0. The van der Waals surface area contributed by atoms with E-state index in [-0.39, 0.29) is 29.2 Å². The van der Waals surface area contributed by atoms with Crippen LogP contribution in [0.2, 0.25) is 0 Å². The van der Waals surface area contributed by atoms with E-state index in [0.29, 0.717) is 18.8 Å². The number of hydrogen-bond acceptors (Lipinski definition) is 3. The first-order chi connectivity index (χ1) is 11.6. The lowest BCUT2D eigenvalue weighted by molar-refractivity contribution is -0.124. The summed E-state index contributed by atoms with van der Waals surface area (Å²) in [6, 6.07) is -0.251. The van der Waals surface area contributed by atoms with Gasteiger partial charge in [-0.2, -0.15) is 0 Å². The van der Waals surface area contributed by atoms with Gasteiger partial charge in [-0.1, -0.05) is 66.7 Å². The van der Waals surface area contributed by atoms with Gasteiger partial charge in [0.1, 0.15) is 6.29 Å². The number of nitrogens with one attached hydrogen (secondary N) is 1. The highest BCUT2D eigenvalue weighted by atomic mass is 16.3. The van der Waals surface area contributed by atoms with Gasteiger partial charge in [0.15, 0.2) is 0 Å². The first kappa shape index (κ1) is 22.1. The maximum atomic E-state index is 12.4. The SMILES string of the molecule is CC(C)[C@@H](C=O)C[C@H](O)[C@H](CC1CCCCC1)NC(=O)CC(C)(C)C. The Labute approximate surface area is 154 Å². The highest BCUT2D eigenvalue weighted by Crippen LogP contribution is 2.29. The van der Waals surface area contributed by atoms with Crippen LogP contribution < -0.4 is 5.32 Å². The van der Waals surface area contributed by atoms with Gasteiger partial charge in [0.05, 0.1) is 12.1 Å². The molecule has 25 heavy (non-hydrogen) atoms. The minimum atomic E-state index is -0.663. The fourth-order valence-corrected chi connectivity index (χ4v) is 3.76. The number of aliphatic hydroxyl groups excluding tert-OH is 1. The molecule has 1 amide bonds. The summed E-state index contributed by atoms with van der Waals surface area (Å²) in [5, 5.41) is 13.8. The zero-order valence-electron chi connectivity index (χ0n) is 16.9. The van der Waals surface area contributed by atoms with Crippen molar-refractivity contribution in [3.8, 4) is 0 Å². The summed E-state index contributed by atoms with van der Waals surface area (Å²) in [5.41, 5.74) is -0.0757. The molecular weight excluding hydrogens is 314 g/mol. The number of rotatable bonds is 9. The molecule has 1 aliphatic carbocycles. The summed E-state index contributed by atoms with van der Waals surface area (Å²) < 4.78 is 0. The molecule has 0 aliphatic heterocycles. The Kier molecular flexibility index (Phi) is 9.12. The standard InChI is InChI=1S/C21H39NO3/c1-15(2)17(14-23)12-19(24)18(11-16-9-7-6-8-10-16)22-20(25)13-21(3,4)5/h14-19,24H,6-13H2,1-5H3,(H,22,25)/t17-,18+,19+/m1/s1. The zero-order chi connectivity index (χ0) is 19.0. The largest absolute Gasteiger partial charge is 0.391 e. The van der Waals surface area contributed by atoms with Crippen LogP contribution in [-0.2, 0) is 9.59 Å². The number of hydrogen-bond donors (Lipinski definition) is 2. The Balaban J connectivity index is 2.74. The second-order valence-electron chi connectivity index (χ2n) is 9.50. The normalized spacial score (nSPS) is 20.1. The molecule has 1 rings (SSSR count). The summed E-state index contributed by atoms with van der Waals surface area (Å²) in [4.78, 5) is 23.7. The molecule has 0 radical (unpaired) electrons. The maximum absolute atomic E-state index is 12.4. The van der Waals surface area contributed by atoms with E-state index in [4.69, 9.17) is 0 Å². The van der Waals surface area contributed by atoms with Crippen LogP contribution in [0.5, 0.6) is 0 Å². The molecule has 146 valence electrons. The van der Waals surface area contributed by atoms with Crippen molar-refractivity contribution in [3.63, 3.8) is 0 Å². The van der Waals surface area contributed by atoms with Crippen molar-refractivity contribution in [1.82, 2.24) is 5.32 Å². The molecular formula is C21H39NO3. The third-order valence-electron chi connectivity index (χ3n) is 5.36. The molecule has 4 nitrogen and oxygen atoms in total. The predicted octanol–water partition coefficient (Wildman–Crippen LogP) is 4.10. The third-order valence-corrected chi connectivity index (χ3v) is 5.36. The van der Waals surface area contributed by atoms with Gasteiger partial charge in [-0.05, 0) is 30.1 Å². The van der Waals surface area contributed by atoms with Gasteiger partial charge in [0, 0.05) is 12.3 Å². The van der Waals surface area contributed by atoms with Crippen LogP contribution in [0.1, 0.15) is 86.0 Å². The number of aliphatic hydroxyl groups is 1. The number of carbonyl (C=O) groups excluding carboxylic acids is 2. The average Bonchev–Trinajstić information content (AvgIpc) is 2.50. The maximum Gasteiger partial charge on any atom is 0.220 e. The molecule has 0 bridgehead atoms. The van der Waals surface area contributed by atoms with Crippen molar-refractivity contribution in [3.05, 3.63) is 0 Å². The highest BCUT2D eigenvalue weighted by molar-refractivity contribution is 5.77. The van der Waals surface area contributed by atoms with Crippen LogP contribution in [0, 0.1) is 23.2 Å². The topological polar surface area (TPSA) is 66.4 Å². The van der Waals surface area contributed by atoms with E-state index in [9.17, 15) is 14.7 Å². The summed E-state index contributed by atoms with van der Waals surface area (Å²) in [6.07, 6.45) is 8.11. The second kappa shape index (κ2) is 10.3. The Morgan fingerprint density at radius 1 is 1.20 bits per heavy atom. The van der Waals surface area contributed by atoms with Gasteiger partial charge in [-0.15, -0.1) is 0 Å². The summed E-state index contributed by atoms with van der Waals surface area (Å²) in [7, 11) is 0.